The first kappa shape index (κ1) is 13.2. The van der Waals surface area contributed by atoms with E-state index in [-0.39, 0.29) is 11.1 Å². The van der Waals surface area contributed by atoms with Crippen LogP contribution in [-0.4, -0.2) is 23.7 Å². The Hall–Kier alpha value is -1.84. The lowest BCUT2D eigenvalue weighted by Gasteiger charge is -2.09. The van der Waals surface area contributed by atoms with E-state index in [1.54, 1.807) is 6.07 Å². The maximum atomic E-state index is 11.6. The third-order valence-electron chi connectivity index (χ3n) is 2.54. The lowest BCUT2D eigenvalue weighted by molar-refractivity contribution is 0.0447. The summed E-state index contributed by atoms with van der Waals surface area (Å²) in [4.78, 5) is 22.4. The third kappa shape index (κ3) is 3.90. The largest absolute Gasteiger partial charge is 0.478 e. The standard InChI is InChI=1S/C13H16O4/c1-3-9(2)8-17-13(16)11-6-4-5-10(7-11)12(14)15/h4-7,9H,3,8H2,1-2H3,(H,14,15). The van der Waals surface area contributed by atoms with Crippen LogP contribution in [0.5, 0.6) is 0 Å². The zero-order chi connectivity index (χ0) is 12.8. The second kappa shape index (κ2) is 6.03. The Bertz CT molecular complexity index is 412. The average molecular weight is 236 g/mol. The number of hydrogen-bond acceptors (Lipinski definition) is 3. The maximum absolute atomic E-state index is 11.6. The Kier molecular flexibility index (Phi) is 4.69. The van der Waals surface area contributed by atoms with Gasteiger partial charge in [0.05, 0.1) is 17.7 Å². The van der Waals surface area contributed by atoms with Gasteiger partial charge in [-0.15, -0.1) is 0 Å². The molecule has 0 aliphatic rings. The van der Waals surface area contributed by atoms with Crippen LogP contribution < -0.4 is 0 Å². The van der Waals surface area contributed by atoms with Crippen molar-refractivity contribution in [2.24, 2.45) is 5.92 Å². The summed E-state index contributed by atoms with van der Waals surface area (Å²) in [5, 5.41) is 8.80. The highest BCUT2D eigenvalue weighted by molar-refractivity contribution is 5.94. The van der Waals surface area contributed by atoms with Crippen LogP contribution in [0.4, 0.5) is 0 Å². The van der Waals surface area contributed by atoms with Crippen molar-refractivity contribution in [3.63, 3.8) is 0 Å². The minimum absolute atomic E-state index is 0.0861. The number of carbonyl (C=O) groups excluding carboxylic acids is 1. The van der Waals surface area contributed by atoms with E-state index in [0.717, 1.165) is 6.42 Å². The number of esters is 1. The van der Waals surface area contributed by atoms with Gasteiger partial charge in [-0.25, -0.2) is 9.59 Å². The Morgan fingerprint density at radius 2 is 2.00 bits per heavy atom. The molecule has 17 heavy (non-hydrogen) atoms. The van der Waals surface area contributed by atoms with Crippen molar-refractivity contribution in [2.75, 3.05) is 6.61 Å². The molecule has 4 heteroatoms. The number of benzene rings is 1. The van der Waals surface area contributed by atoms with E-state index >= 15 is 0 Å². The van der Waals surface area contributed by atoms with Gasteiger partial charge in [0.2, 0.25) is 0 Å². The number of carbonyl (C=O) groups is 2. The molecule has 0 saturated heterocycles. The summed E-state index contributed by atoms with van der Waals surface area (Å²) in [5.74, 6) is -1.23. The summed E-state index contributed by atoms with van der Waals surface area (Å²) in [6.07, 6.45) is 0.933. The smallest absolute Gasteiger partial charge is 0.338 e. The van der Waals surface area contributed by atoms with Crippen LogP contribution in [0.2, 0.25) is 0 Å². The minimum Gasteiger partial charge on any atom is -0.478 e. The van der Waals surface area contributed by atoms with Crippen molar-refractivity contribution < 1.29 is 19.4 Å². The molecule has 1 aromatic rings. The number of carboxylic acid groups (broad SMARTS) is 1. The highest BCUT2D eigenvalue weighted by atomic mass is 16.5. The summed E-state index contributed by atoms with van der Waals surface area (Å²) >= 11 is 0. The van der Waals surface area contributed by atoms with E-state index in [4.69, 9.17) is 9.84 Å². The van der Waals surface area contributed by atoms with Gasteiger partial charge in [0.1, 0.15) is 0 Å². The molecule has 0 aliphatic carbocycles. The zero-order valence-electron chi connectivity index (χ0n) is 9.97. The molecule has 1 rings (SSSR count). The van der Waals surface area contributed by atoms with E-state index in [1.165, 1.54) is 18.2 Å². The minimum atomic E-state index is -1.05. The third-order valence-corrected chi connectivity index (χ3v) is 2.54. The molecule has 0 saturated carbocycles. The fourth-order valence-corrected chi connectivity index (χ4v) is 1.20. The Morgan fingerprint density at radius 3 is 2.59 bits per heavy atom. The molecular formula is C13H16O4. The molecular weight excluding hydrogens is 220 g/mol. The molecule has 1 N–H and O–H groups in total. The number of ether oxygens (including phenoxy) is 1. The molecule has 0 heterocycles. The van der Waals surface area contributed by atoms with Crippen LogP contribution in [0.1, 0.15) is 41.0 Å². The molecule has 92 valence electrons. The van der Waals surface area contributed by atoms with Crippen LogP contribution in [-0.2, 0) is 4.74 Å². The zero-order valence-corrected chi connectivity index (χ0v) is 9.97. The monoisotopic (exact) mass is 236 g/mol. The maximum Gasteiger partial charge on any atom is 0.338 e. The summed E-state index contributed by atoms with van der Waals surface area (Å²) in [6, 6.07) is 5.84. The van der Waals surface area contributed by atoms with Crippen LogP contribution in [0.25, 0.3) is 0 Å². The predicted octanol–water partition coefficient (Wildman–Crippen LogP) is 2.59. The van der Waals surface area contributed by atoms with Gasteiger partial charge in [-0.1, -0.05) is 26.3 Å². The number of carboxylic acids is 1. The lowest BCUT2D eigenvalue weighted by atomic mass is 10.1. The van der Waals surface area contributed by atoms with Gasteiger partial charge in [-0.3, -0.25) is 0 Å². The molecule has 0 aliphatic heterocycles. The van der Waals surface area contributed by atoms with E-state index in [9.17, 15) is 9.59 Å². The highest BCUT2D eigenvalue weighted by Crippen LogP contribution is 2.09. The lowest BCUT2D eigenvalue weighted by Crippen LogP contribution is -2.12. The number of aromatic carboxylic acids is 1. The first-order chi connectivity index (χ1) is 8.04. The van der Waals surface area contributed by atoms with E-state index < -0.39 is 11.9 Å². The summed E-state index contributed by atoms with van der Waals surface area (Å²) in [5.41, 5.74) is 0.358. The van der Waals surface area contributed by atoms with E-state index in [0.29, 0.717) is 12.5 Å². The summed E-state index contributed by atoms with van der Waals surface area (Å²) < 4.78 is 5.08. The van der Waals surface area contributed by atoms with Crippen molar-refractivity contribution in [2.45, 2.75) is 20.3 Å². The SMILES string of the molecule is CCC(C)COC(=O)c1cccc(C(=O)O)c1. The first-order valence-electron chi connectivity index (χ1n) is 5.55. The topological polar surface area (TPSA) is 63.6 Å². The van der Waals surface area contributed by atoms with Crippen molar-refractivity contribution >= 4 is 11.9 Å². The van der Waals surface area contributed by atoms with Gasteiger partial charge in [-0.05, 0) is 24.1 Å². The van der Waals surface area contributed by atoms with Gasteiger partial charge in [0, 0.05) is 0 Å². The Labute approximate surface area is 100 Å². The van der Waals surface area contributed by atoms with Gasteiger partial charge in [0.15, 0.2) is 0 Å². The molecule has 1 unspecified atom stereocenters. The van der Waals surface area contributed by atoms with Gasteiger partial charge < -0.3 is 9.84 Å². The highest BCUT2D eigenvalue weighted by Gasteiger charge is 2.11. The number of hydrogen-bond donors (Lipinski definition) is 1. The Morgan fingerprint density at radius 1 is 1.35 bits per heavy atom. The molecule has 0 amide bonds. The van der Waals surface area contributed by atoms with Gasteiger partial charge in [-0.2, -0.15) is 0 Å². The molecule has 0 aromatic heterocycles. The van der Waals surface area contributed by atoms with Crippen LogP contribution >= 0.6 is 0 Å². The summed E-state index contributed by atoms with van der Waals surface area (Å²) in [6.45, 7) is 4.36. The van der Waals surface area contributed by atoms with Crippen molar-refractivity contribution in [1.82, 2.24) is 0 Å². The van der Waals surface area contributed by atoms with Crippen LogP contribution in [0, 0.1) is 5.92 Å². The molecule has 4 nitrogen and oxygen atoms in total. The van der Waals surface area contributed by atoms with E-state index in [1.807, 2.05) is 13.8 Å². The van der Waals surface area contributed by atoms with Crippen molar-refractivity contribution in [1.29, 1.82) is 0 Å². The number of rotatable bonds is 5. The van der Waals surface area contributed by atoms with Crippen molar-refractivity contribution in [3.8, 4) is 0 Å². The van der Waals surface area contributed by atoms with Gasteiger partial charge >= 0.3 is 11.9 Å². The molecule has 0 bridgehead atoms. The molecule has 1 atom stereocenters. The van der Waals surface area contributed by atoms with Crippen molar-refractivity contribution in [3.05, 3.63) is 35.4 Å². The van der Waals surface area contributed by atoms with Gasteiger partial charge in [0.25, 0.3) is 0 Å². The molecule has 0 spiro atoms. The normalized spacial score (nSPS) is 11.9. The quantitative estimate of drug-likeness (QED) is 0.798. The first-order valence-corrected chi connectivity index (χ1v) is 5.55. The second-order valence-corrected chi connectivity index (χ2v) is 4.00. The molecule has 0 fully saturated rings. The van der Waals surface area contributed by atoms with E-state index in [2.05, 4.69) is 0 Å². The Balaban J connectivity index is 2.69. The molecule has 1 aromatic carbocycles. The average Bonchev–Trinajstić information content (AvgIpc) is 2.35. The molecule has 0 radical (unpaired) electrons. The van der Waals surface area contributed by atoms with Crippen LogP contribution in [0.15, 0.2) is 24.3 Å². The second-order valence-electron chi connectivity index (χ2n) is 4.00. The summed E-state index contributed by atoms with van der Waals surface area (Å²) in [7, 11) is 0. The van der Waals surface area contributed by atoms with Crippen LogP contribution in [0.3, 0.4) is 0 Å². The fourth-order valence-electron chi connectivity index (χ4n) is 1.20. The predicted molar refractivity (Wildman–Crippen MR) is 63.1 cm³/mol. The fraction of sp³-hybridized carbons (Fsp3) is 0.385.